The standard InChI is InChI=1S/C13H20N2O4S/c1-5-13(4,19)6-14-12(18)15-10-9(11(16)17)7(2)8(3)20-10/h19H,5-6H2,1-4H3,(H,16,17)(H2,14,15,18). The van der Waals surface area contributed by atoms with Crippen LogP contribution in [0.2, 0.25) is 0 Å². The quantitative estimate of drug-likeness (QED) is 0.670. The van der Waals surface area contributed by atoms with Crippen LogP contribution < -0.4 is 10.6 Å². The number of carboxylic acids is 1. The minimum atomic E-state index is -1.07. The molecule has 1 aromatic heterocycles. The Hall–Kier alpha value is -1.60. The average molecular weight is 300 g/mol. The molecule has 1 atom stereocenters. The molecule has 0 radical (unpaired) electrons. The van der Waals surface area contributed by atoms with Gasteiger partial charge in [0, 0.05) is 11.4 Å². The molecule has 0 aliphatic heterocycles. The first kappa shape index (κ1) is 16.5. The summed E-state index contributed by atoms with van der Waals surface area (Å²) < 4.78 is 0. The molecule has 1 aromatic rings. The van der Waals surface area contributed by atoms with Crippen molar-refractivity contribution in [2.45, 2.75) is 39.7 Å². The summed E-state index contributed by atoms with van der Waals surface area (Å²) >= 11 is 1.22. The van der Waals surface area contributed by atoms with Crippen molar-refractivity contribution in [2.24, 2.45) is 0 Å². The number of thiophene rings is 1. The van der Waals surface area contributed by atoms with Crippen molar-refractivity contribution in [1.29, 1.82) is 0 Å². The molecule has 0 saturated heterocycles. The minimum absolute atomic E-state index is 0.0983. The fourth-order valence-electron chi connectivity index (χ4n) is 1.52. The first-order valence-corrected chi connectivity index (χ1v) is 7.10. The number of aliphatic hydroxyl groups is 1. The van der Waals surface area contributed by atoms with Gasteiger partial charge in [-0.2, -0.15) is 0 Å². The maximum absolute atomic E-state index is 11.8. The number of carbonyl (C=O) groups excluding carboxylic acids is 1. The van der Waals surface area contributed by atoms with Crippen LogP contribution in [0, 0.1) is 13.8 Å². The van der Waals surface area contributed by atoms with Crippen LogP contribution in [0.4, 0.5) is 9.80 Å². The number of nitrogens with one attached hydrogen (secondary N) is 2. The lowest BCUT2D eigenvalue weighted by molar-refractivity contribution is 0.0586. The molecule has 0 fully saturated rings. The largest absolute Gasteiger partial charge is 0.478 e. The third kappa shape index (κ3) is 3.94. The van der Waals surface area contributed by atoms with Crippen LogP contribution >= 0.6 is 11.3 Å². The van der Waals surface area contributed by atoms with Gasteiger partial charge >= 0.3 is 12.0 Å². The van der Waals surface area contributed by atoms with Crippen molar-refractivity contribution in [1.82, 2.24) is 5.32 Å². The van der Waals surface area contributed by atoms with Gasteiger partial charge in [-0.25, -0.2) is 9.59 Å². The van der Waals surface area contributed by atoms with E-state index in [0.717, 1.165) is 4.88 Å². The smallest absolute Gasteiger partial charge is 0.338 e. The zero-order valence-corrected chi connectivity index (χ0v) is 12.8. The maximum Gasteiger partial charge on any atom is 0.338 e. The molecular formula is C13H20N2O4S. The number of rotatable bonds is 5. The molecule has 0 bridgehead atoms. The van der Waals surface area contributed by atoms with E-state index in [4.69, 9.17) is 5.11 Å². The minimum Gasteiger partial charge on any atom is -0.478 e. The van der Waals surface area contributed by atoms with E-state index in [1.807, 2.05) is 6.92 Å². The SMILES string of the molecule is CCC(C)(O)CNC(=O)Nc1sc(C)c(C)c1C(=O)O. The number of carboxylic acid groups (broad SMARTS) is 1. The van der Waals surface area contributed by atoms with Gasteiger partial charge in [0.1, 0.15) is 5.00 Å². The van der Waals surface area contributed by atoms with E-state index in [1.165, 1.54) is 11.3 Å². The lowest BCUT2D eigenvalue weighted by Crippen LogP contribution is -2.41. The Morgan fingerprint density at radius 3 is 2.45 bits per heavy atom. The van der Waals surface area contributed by atoms with Crippen molar-refractivity contribution >= 4 is 28.3 Å². The summed E-state index contributed by atoms with van der Waals surface area (Å²) in [4.78, 5) is 23.8. The number of hydrogen-bond donors (Lipinski definition) is 4. The lowest BCUT2D eigenvalue weighted by atomic mass is 10.0. The van der Waals surface area contributed by atoms with E-state index in [-0.39, 0.29) is 12.1 Å². The number of aryl methyl sites for hydroxylation is 1. The molecule has 0 aliphatic carbocycles. The molecule has 0 saturated carbocycles. The highest BCUT2D eigenvalue weighted by molar-refractivity contribution is 7.16. The lowest BCUT2D eigenvalue weighted by Gasteiger charge is -2.21. The van der Waals surface area contributed by atoms with Gasteiger partial charge in [-0.3, -0.25) is 5.32 Å². The third-order valence-corrected chi connectivity index (χ3v) is 4.34. The molecule has 0 spiro atoms. The van der Waals surface area contributed by atoms with E-state index in [2.05, 4.69) is 10.6 Å². The Morgan fingerprint density at radius 2 is 1.95 bits per heavy atom. The Balaban J connectivity index is 2.77. The Kier molecular flexibility index (Phi) is 5.13. The van der Waals surface area contributed by atoms with Crippen LogP contribution in [0.3, 0.4) is 0 Å². The molecule has 4 N–H and O–H groups in total. The van der Waals surface area contributed by atoms with Crippen LogP contribution in [-0.4, -0.2) is 34.4 Å². The summed E-state index contributed by atoms with van der Waals surface area (Å²) in [6, 6.07) is -0.525. The van der Waals surface area contributed by atoms with Crippen molar-refractivity contribution in [3.05, 3.63) is 16.0 Å². The van der Waals surface area contributed by atoms with E-state index in [1.54, 1.807) is 20.8 Å². The van der Waals surface area contributed by atoms with Gasteiger partial charge in [-0.15, -0.1) is 11.3 Å². The van der Waals surface area contributed by atoms with Crippen LogP contribution in [0.5, 0.6) is 0 Å². The van der Waals surface area contributed by atoms with E-state index >= 15 is 0 Å². The molecule has 1 unspecified atom stereocenters. The summed E-state index contributed by atoms with van der Waals surface area (Å²) in [5, 5.41) is 24.3. The van der Waals surface area contributed by atoms with Crippen LogP contribution in [0.15, 0.2) is 0 Å². The summed E-state index contributed by atoms with van der Waals surface area (Å²) in [7, 11) is 0. The Labute approximate surface area is 121 Å². The molecule has 0 aromatic carbocycles. The third-order valence-electron chi connectivity index (χ3n) is 3.22. The first-order valence-electron chi connectivity index (χ1n) is 6.28. The van der Waals surface area contributed by atoms with Gasteiger partial charge in [0.15, 0.2) is 0 Å². The zero-order valence-electron chi connectivity index (χ0n) is 12.0. The van der Waals surface area contributed by atoms with E-state index < -0.39 is 17.6 Å². The molecule has 112 valence electrons. The predicted molar refractivity (Wildman–Crippen MR) is 78.7 cm³/mol. The monoisotopic (exact) mass is 300 g/mol. The zero-order chi connectivity index (χ0) is 15.5. The summed E-state index contributed by atoms with van der Waals surface area (Å²) in [5.74, 6) is -1.07. The second-order valence-corrected chi connectivity index (χ2v) is 6.18. The molecule has 1 heterocycles. The highest BCUT2D eigenvalue weighted by Crippen LogP contribution is 2.32. The second kappa shape index (κ2) is 6.23. The van der Waals surface area contributed by atoms with Gasteiger partial charge in [0.05, 0.1) is 11.2 Å². The molecule has 2 amide bonds. The fourth-order valence-corrected chi connectivity index (χ4v) is 2.56. The normalized spacial score (nSPS) is 13.7. The number of aromatic carboxylic acids is 1. The van der Waals surface area contributed by atoms with Gasteiger partial charge in [-0.1, -0.05) is 6.92 Å². The number of anilines is 1. The Morgan fingerprint density at radius 1 is 1.35 bits per heavy atom. The number of carbonyl (C=O) groups is 2. The van der Waals surface area contributed by atoms with Crippen LogP contribution in [0.25, 0.3) is 0 Å². The predicted octanol–water partition coefficient (Wildman–Crippen LogP) is 2.35. The number of urea groups is 1. The van der Waals surface area contributed by atoms with Gasteiger partial charge in [-0.05, 0) is 32.8 Å². The van der Waals surface area contributed by atoms with Crippen molar-refractivity contribution in [3.8, 4) is 0 Å². The van der Waals surface area contributed by atoms with E-state index in [0.29, 0.717) is 17.0 Å². The topological polar surface area (TPSA) is 98.7 Å². The highest BCUT2D eigenvalue weighted by Gasteiger charge is 2.22. The molecule has 7 heteroatoms. The summed E-state index contributed by atoms with van der Waals surface area (Å²) in [5.41, 5.74) is -0.211. The summed E-state index contributed by atoms with van der Waals surface area (Å²) in [6.45, 7) is 7.04. The van der Waals surface area contributed by atoms with Gasteiger partial charge in [0.25, 0.3) is 0 Å². The maximum atomic E-state index is 11.8. The van der Waals surface area contributed by atoms with Crippen LogP contribution in [-0.2, 0) is 0 Å². The number of amides is 2. The molecule has 1 rings (SSSR count). The van der Waals surface area contributed by atoms with E-state index in [9.17, 15) is 14.7 Å². The first-order chi connectivity index (χ1) is 9.18. The van der Waals surface area contributed by atoms with Gasteiger partial charge < -0.3 is 15.5 Å². The molecule has 20 heavy (non-hydrogen) atoms. The number of hydrogen-bond acceptors (Lipinski definition) is 4. The highest BCUT2D eigenvalue weighted by atomic mass is 32.1. The molecule has 0 aliphatic rings. The Bertz CT molecular complexity index is 523. The molecular weight excluding hydrogens is 280 g/mol. The van der Waals surface area contributed by atoms with Crippen molar-refractivity contribution < 1.29 is 19.8 Å². The van der Waals surface area contributed by atoms with Crippen molar-refractivity contribution in [2.75, 3.05) is 11.9 Å². The fraction of sp³-hybridized carbons (Fsp3) is 0.538. The second-order valence-electron chi connectivity index (χ2n) is 4.95. The molecule has 6 nitrogen and oxygen atoms in total. The summed E-state index contributed by atoms with van der Waals surface area (Å²) in [6.07, 6.45) is 0.505. The average Bonchev–Trinajstić information content (AvgIpc) is 2.62. The van der Waals surface area contributed by atoms with Gasteiger partial charge in [0.2, 0.25) is 0 Å². The van der Waals surface area contributed by atoms with Crippen LogP contribution in [0.1, 0.15) is 41.1 Å². The van der Waals surface area contributed by atoms with Crippen molar-refractivity contribution in [3.63, 3.8) is 0 Å².